The van der Waals surface area contributed by atoms with Gasteiger partial charge in [0.2, 0.25) is 0 Å². The van der Waals surface area contributed by atoms with Crippen molar-refractivity contribution >= 4 is 17.9 Å². The Bertz CT molecular complexity index is 1260. The third-order valence-corrected chi connectivity index (χ3v) is 17.3. The summed E-state index contributed by atoms with van der Waals surface area (Å²) in [6.07, 6.45) is 85.6. The number of hydrogen-bond donors (Lipinski definition) is 0. The van der Waals surface area contributed by atoms with Gasteiger partial charge in [-0.25, -0.2) is 0 Å². The molecule has 0 saturated carbocycles. The second-order valence-corrected chi connectivity index (χ2v) is 25.6. The zero-order valence-corrected chi connectivity index (χ0v) is 55.4. The van der Waals surface area contributed by atoms with E-state index in [4.69, 9.17) is 14.2 Å². The molecule has 0 aromatic carbocycles. The van der Waals surface area contributed by atoms with E-state index in [2.05, 4.69) is 32.9 Å². The highest BCUT2D eigenvalue weighted by molar-refractivity contribution is 5.71. The molecule has 0 rings (SSSR count). The molecular formula is C75H144O6. The van der Waals surface area contributed by atoms with E-state index in [0.717, 1.165) is 64.2 Å². The van der Waals surface area contributed by atoms with Crippen LogP contribution in [0.4, 0.5) is 0 Å². The molecule has 1 unspecified atom stereocenters. The van der Waals surface area contributed by atoms with E-state index in [1.807, 2.05) is 0 Å². The lowest BCUT2D eigenvalue weighted by Gasteiger charge is -2.18. The quantitative estimate of drug-likeness (QED) is 0.0261. The maximum atomic E-state index is 13.0. The molecule has 0 saturated heterocycles. The summed E-state index contributed by atoms with van der Waals surface area (Å²) in [6.45, 7) is 6.69. The fraction of sp³-hybridized carbons (Fsp3) is 0.933. The summed E-state index contributed by atoms with van der Waals surface area (Å²) in [6, 6.07) is 0. The van der Waals surface area contributed by atoms with Gasteiger partial charge in [0.25, 0.3) is 0 Å². The molecular weight excluding hydrogens is 997 g/mol. The van der Waals surface area contributed by atoms with Crippen LogP contribution in [0.15, 0.2) is 12.2 Å². The van der Waals surface area contributed by atoms with Crippen LogP contribution in [0.25, 0.3) is 0 Å². The van der Waals surface area contributed by atoms with Crippen molar-refractivity contribution in [1.82, 2.24) is 0 Å². The van der Waals surface area contributed by atoms with Crippen LogP contribution in [0, 0.1) is 0 Å². The van der Waals surface area contributed by atoms with Crippen molar-refractivity contribution < 1.29 is 28.6 Å². The van der Waals surface area contributed by atoms with Crippen molar-refractivity contribution in [2.45, 2.75) is 438 Å². The van der Waals surface area contributed by atoms with Gasteiger partial charge in [0.1, 0.15) is 13.2 Å². The van der Waals surface area contributed by atoms with E-state index in [9.17, 15) is 14.4 Å². The summed E-state index contributed by atoms with van der Waals surface area (Å²) in [5.74, 6) is -0.840. The first-order valence-corrected chi connectivity index (χ1v) is 37.2. The first-order chi connectivity index (χ1) is 40.0. The topological polar surface area (TPSA) is 78.9 Å². The van der Waals surface area contributed by atoms with Crippen molar-refractivity contribution in [3.8, 4) is 0 Å². The number of ether oxygens (including phenoxy) is 3. The highest BCUT2D eigenvalue weighted by Crippen LogP contribution is 2.20. The van der Waals surface area contributed by atoms with Crippen LogP contribution in [0.3, 0.4) is 0 Å². The fourth-order valence-corrected chi connectivity index (χ4v) is 11.7. The number of esters is 3. The molecule has 0 aliphatic heterocycles. The molecule has 0 aromatic heterocycles. The molecule has 6 nitrogen and oxygen atoms in total. The molecule has 0 aliphatic carbocycles. The average molecular weight is 1140 g/mol. The zero-order chi connectivity index (χ0) is 58.5. The first kappa shape index (κ1) is 79.2. The molecule has 0 radical (unpaired) electrons. The van der Waals surface area contributed by atoms with Crippen LogP contribution in [0.1, 0.15) is 432 Å². The van der Waals surface area contributed by atoms with Crippen LogP contribution in [0.2, 0.25) is 0 Å². The third-order valence-electron chi connectivity index (χ3n) is 17.3. The Hall–Kier alpha value is -1.85. The lowest BCUT2D eigenvalue weighted by molar-refractivity contribution is -0.167. The van der Waals surface area contributed by atoms with Gasteiger partial charge in [-0.2, -0.15) is 0 Å². The Balaban J connectivity index is 4.11. The molecule has 81 heavy (non-hydrogen) atoms. The number of allylic oxidation sites excluding steroid dienone is 2. The van der Waals surface area contributed by atoms with Crippen molar-refractivity contribution in [3.05, 3.63) is 12.2 Å². The third kappa shape index (κ3) is 68.8. The monoisotopic (exact) mass is 1140 g/mol. The van der Waals surface area contributed by atoms with Gasteiger partial charge in [-0.3, -0.25) is 14.4 Å². The van der Waals surface area contributed by atoms with E-state index >= 15 is 0 Å². The molecule has 0 fully saturated rings. The SMILES string of the molecule is CCCC/C=C\CCCCCCCC(=O)OCC(COC(=O)CCCCCCCCCCCCCCCCCCCCCCCCCCCCCC)OC(=O)CCCCCCCCCCCCCCCCCCCCCCCCCC. The molecule has 480 valence electrons. The van der Waals surface area contributed by atoms with E-state index in [0.29, 0.717) is 19.3 Å². The van der Waals surface area contributed by atoms with Gasteiger partial charge >= 0.3 is 17.9 Å². The van der Waals surface area contributed by atoms with Crippen LogP contribution in [0.5, 0.6) is 0 Å². The number of rotatable bonds is 70. The lowest BCUT2D eigenvalue weighted by atomic mass is 10.0. The van der Waals surface area contributed by atoms with Crippen molar-refractivity contribution in [2.24, 2.45) is 0 Å². The maximum absolute atomic E-state index is 13.0. The number of unbranched alkanes of at least 4 members (excludes halogenated alkanes) is 57. The zero-order valence-electron chi connectivity index (χ0n) is 55.4. The second-order valence-electron chi connectivity index (χ2n) is 25.6. The summed E-state index contributed by atoms with van der Waals surface area (Å²) in [4.78, 5) is 38.4. The summed E-state index contributed by atoms with van der Waals surface area (Å²) in [7, 11) is 0. The Labute approximate surface area is 507 Å². The second kappa shape index (κ2) is 70.6. The molecule has 0 spiro atoms. The highest BCUT2D eigenvalue weighted by atomic mass is 16.6. The lowest BCUT2D eigenvalue weighted by Crippen LogP contribution is -2.30. The van der Waals surface area contributed by atoms with E-state index < -0.39 is 6.10 Å². The molecule has 0 aliphatic rings. The van der Waals surface area contributed by atoms with Gasteiger partial charge in [0, 0.05) is 19.3 Å². The van der Waals surface area contributed by atoms with Crippen LogP contribution in [-0.2, 0) is 28.6 Å². The molecule has 0 heterocycles. The Kier molecular flexibility index (Phi) is 69.0. The van der Waals surface area contributed by atoms with E-state index in [1.165, 1.54) is 327 Å². The standard InChI is InChI=1S/C75H144O6/c1-4-7-10-13-16-19-22-24-26-28-30-32-34-36-37-38-39-41-42-44-46-48-50-53-56-59-62-65-68-74(77)80-71-72(70-79-73(76)67-64-61-58-55-52-21-18-15-12-9-6-3)81-75(78)69-66-63-60-57-54-51-49-47-45-43-40-35-33-31-29-27-25-23-20-17-14-11-8-5-2/h15,18,72H,4-14,16-17,19-71H2,1-3H3/b18-15-. The van der Waals surface area contributed by atoms with Crippen LogP contribution in [-0.4, -0.2) is 37.2 Å². The van der Waals surface area contributed by atoms with Crippen LogP contribution < -0.4 is 0 Å². The average Bonchev–Trinajstić information content (AvgIpc) is 3.47. The minimum atomic E-state index is -0.770. The highest BCUT2D eigenvalue weighted by Gasteiger charge is 2.20. The van der Waals surface area contributed by atoms with Gasteiger partial charge in [-0.1, -0.05) is 386 Å². The number of carbonyl (C=O) groups excluding carboxylic acids is 3. The minimum absolute atomic E-state index is 0.0658. The Morgan fingerprint density at radius 3 is 0.654 bits per heavy atom. The van der Waals surface area contributed by atoms with E-state index in [-0.39, 0.29) is 31.1 Å². The number of carbonyl (C=O) groups is 3. The Morgan fingerprint density at radius 2 is 0.420 bits per heavy atom. The smallest absolute Gasteiger partial charge is 0.306 e. The first-order valence-electron chi connectivity index (χ1n) is 37.2. The van der Waals surface area contributed by atoms with Crippen LogP contribution >= 0.6 is 0 Å². The predicted octanol–water partition coefficient (Wildman–Crippen LogP) is 25.6. The summed E-state index contributed by atoms with van der Waals surface area (Å²) < 4.78 is 17.0. The summed E-state index contributed by atoms with van der Waals surface area (Å²) in [5, 5.41) is 0. The Morgan fingerprint density at radius 1 is 0.235 bits per heavy atom. The molecule has 6 heteroatoms. The fourth-order valence-electron chi connectivity index (χ4n) is 11.7. The molecule has 0 N–H and O–H groups in total. The molecule has 0 bridgehead atoms. The summed E-state index contributed by atoms with van der Waals surface area (Å²) >= 11 is 0. The van der Waals surface area contributed by atoms with Gasteiger partial charge in [0.05, 0.1) is 0 Å². The molecule has 1 atom stereocenters. The van der Waals surface area contributed by atoms with Crippen molar-refractivity contribution in [1.29, 1.82) is 0 Å². The number of hydrogen-bond acceptors (Lipinski definition) is 6. The predicted molar refractivity (Wildman–Crippen MR) is 353 cm³/mol. The van der Waals surface area contributed by atoms with E-state index in [1.54, 1.807) is 0 Å². The maximum Gasteiger partial charge on any atom is 0.306 e. The van der Waals surface area contributed by atoms with Crippen molar-refractivity contribution in [2.75, 3.05) is 13.2 Å². The normalized spacial score (nSPS) is 12.0. The van der Waals surface area contributed by atoms with Gasteiger partial charge < -0.3 is 14.2 Å². The summed E-state index contributed by atoms with van der Waals surface area (Å²) in [5.41, 5.74) is 0. The van der Waals surface area contributed by atoms with Gasteiger partial charge in [-0.15, -0.1) is 0 Å². The van der Waals surface area contributed by atoms with Gasteiger partial charge in [-0.05, 0) is 38.5 Å². The van der Waals surface area contributed by atoms with Gasteiger partial charge in [0.15, 0.2) is 6.10 Å². The molecule has 0 amide bonds. The molecule has 0 aromatic rings. The minimum Gasteiger partial charge on any atom is -0.462 e. The van der Waals surface area contributed by atoms with Crippen molar-refractivity contribution in [3.63, 3.8) is 0 Å². The largest absolute Gasteiger partial charge is 0.462 e.